The van der Waals surface area contributed by atoms with Crippen molar-refractivity contribution in [2.24, 2.45) is 11.8 Å². The molecule has 0 aromatic carbocycles. The van der Waals surface area contributed by atoms with Crippen LogP contribution in [-0.4, -0.2) is 96.7 Å². The van der Waals surface area contributed by atoms with Crippen LogP contribution in [0.1, 0.15) is 279 Å². The maximum atomic E-state index is 12.9. The SMILES string of the molecule is CCCCCCCCCCC(=O)O[C@H](COC(=O)CCCCCCC)COP(=O)(O)OC[C@H](O)COP(=O)(O)OC[C@@H](COC(=O)CCCCCCCCC(C)CC)OC(=O)CCCCCCCCCCCCC(C)CC. The van der Waals surface area contributed by atoms with Crippen LogP contribution in [0.3, 0.4) is 0 Å². The molecule has 4 unspecified atom stereocenters. The van der Waals surface area contributed by atoms with Gasteiger partial charge in [0.1, 0.15) is 19.3 Å². The number of hydrogen-bond donors (Lipinski definition) is 3. The zero-order chi connectivity index (χ0) is 57.3. The normalized spacial score (nSPS) is 15.2. The highest BCUT2D eigenvalue weighted by molar-refractivity contribution is 7.47. The highest BCUT2D eigenvalue weighted by atomic mass is 31.2. The zero-order valence-corrected chi connectivity index (χ0v) is 51.0. The van der Waals surface area contributed by atoms with E-state index in [9.17, 15) is 43.2 Å². The van der Waals surface area contributed by atoms with Gasteiger partial charge in [-0.25, -0.2) is 9.13 Å². The average Bonchev–Trinajstić information content (AvgIpc) is 3.40. The van der Waals surface area contributed by atoms with Crippen molar-refractivity contribution >= 4 is 39.5 Å². The average molecular weight is 1140 g/mol. The Kier molecular flexibility index (Phi) is 49.7. The van der Waals surface area contributed by atoms with Crippen molar-refractivity contribution in [2.75, 3.05) is 39.6 Å². The molecule has 0 aromatic rings. The summed E-state index contributed by atoms with van der Waals surface area (Å²) >= 11 is 0. The second kappa shape index (κ2) is 51.0. The predicted molar refractivity (Wildman–Crippen MR) is 303 cm³/mol. The molecule has 0 aliphatic heterocycles. The number of unbranched alkanes of at least 4 members (excludes halogenated alkanes) is 25. The highest BCUT2D eigenvalue weighted by Crippen LogP contribution is 2.45. The standard InChI is InChI=1S/C58H112O17P2/c1-7-11-13-15-16-22-30-36-42-57(62)74-53(46-68-55(60)40-34-26-14-12-8-2)48-72-76(64,65)70-44-52(59)45-71-77(66,67)73-49-54(47-69-56(61)41-35-29-25-24-28-33-39-51(6)10-4)75-58(63)43-37-31-23-20-18-17-19-21-27-32-38-50(5)9-3/h50-54,59H,7-49H2,1-6H3,(H,64,65)(H,66,67)/t50?,51?,52-,53+,54+/m0/s1. The van der Waals surface area contributed by atoms with E-state index in [1.807, 2.05) is 0 Å². The Morgan fingerprint density at radius 3 is 0.922 bits per heavy atom. The fourth-order valence-corrected chi connectivity index (χ4v) is 9.99. The minimum absolute atomic E-state index is 0.103. The molecule has 0 rings (SSSR count). The van der Waals surface area contributed by atoms with Gasteiger partial charge in [-0.05, 0) is 37.5 Å². The monoisotopic (exact) mass is 1140 g/mol. The Morgan fingerprint density at radius 2 is 0.623 bits per heavy atom. The van der Waals surface area contributed by atoms with E-state index in [4.69, 9.17) is 37.0 Å². The molecule has 0 saturated heterocycles. The molecule has 0 aliphatic rings. The third kappa shape index (κ3) is 50.7. The molecule has 77 heavy (non-hydrogen) atoms. The summed E-state index contributed by atoms with van der Waals surface area (Å²) in [4.78, 5) is 71.6. The van der Waals surface area contributed by atoms with Crippen molar-refractivity contribution in [3.8, 4) is 0 Å². The van der Waals surface area contributed by atoms with Crippen LogP contribution in [0, 0.1) is 11.8 Å². The van der Waals surface area contributed by atoms with Gasteiger partial charge in [0, 0.05) is 25.7 Å². The number of hydrogen-bond acceptors (Lipinski definition) is 15. The Hall–Kier alpha value is -1.94. The van der Waals surface area contributed by atoms with Gasteiger partial charge in [-0.1, -0.05) is 228 Å². The topological polar surface area (TPSA) is 237 Å². The molecule has 3 N–H and O–H groups in total. The Morgan fingerprint density at radius 1 is 0.364 bits per heavy atom. The summed E-state index contributed by atoms with van der Waals surface area (Å²) in [6.07, 6.45) is 31.1. The van der Waals surface area contributed by atoms with Crippen LogP contribution in [0.15, 0.2) is 0 Å². The quantitative estimate of drug-likeness (QED) is 0.0222. The smallest absolute Gasteiger partial charge is 0.462 e. The maximum absolute atomic E-state index is 12.9. The van der Waals surface area contributed by atoms with Gasteiger partial charge in [-0.3, -0.25) is 37.3 Å². The van der Waals surface area contributed by atoms with E-state index < -0.39 is 97.5 Å². The second-order valence-electron chi connectivity index (χ2n) is 21.5. The van der Waals surface area contributed by atoms with Crippen molar-refractivity contribution < 1.29 is 80.2 Å². The fourth-order valence-electron chi connectivity index (χ4n) is 8.41. The molecular weight excluding hydrogens is 1030 g/mol. The number of phosphoric acid groups is 2. The highest BCUT2D eigenvalue weighted by Gasteiger charge is 2.30. The minimum Gasteiger partial charge on any atom is -0.462 e. The first-order valence-corrected chi connectivity index (χ1v) is 33.6. The molecule has 0 bridgehead atoms. The molecule has 17 nitrogen and oxygen atoms in total. The zero-order valence-electron chi connectivity index (χ0n) is 49.2. The Bertz CT molecular complexity index is 1540. The summed E-state index contributed by atoms with van der Waals surface area (Å²) in [6.45, 7) is 9.31. The molecule has 7 atom stereocenters. The van der Waals surface area contributed by atoms with Crippen LogP contribution in [-0.2, 0) is 65.4 Å². The summed E-state index contributed by atoms with van der Waals surface area (Å²) < 4.78 is 67.5. The number of ether oxygens (including phenoxy) is 4. The molecule has 0 aromatic heterocycles. The van der Waals surface area contributed by atoms with Crippen LogP contribution >= 0.6 is 15.6 Å². The van der Waals surface area contributed by atoms with E-state index in [1.54, 1.807) is 0 Å². The van der Waals surface area contributed by atoms with E-state index in [0.29, 0.717) is 25.7 Å². The fraction of sp³-hybridized carbons (Fsp3) is 0.931. The summed E-state index contributed by atoms with van der Waals surface area (Å²) in [5.74, 6) is -0.623. The van der Waals surface area contributed by atoms with Crippen molar-refractivity contribution in [1.29, 1.82) is 0 Å². The summed E-state index contributed by atoms with van der Waals surface area (Å²) in [5, 5.41) is 10.5. The van der Waals surface area contributed by atoms with Crippen molar-refractivity contribution in [3.63, 3.8) is 0 Å². The van der Waals surface area contributed by atoms with E-state index in [1.165, 1.54) is 77.0 Å². The lowest BCUT2D eigenvalue weighted by Gasteiger charge is -2.21. The third-order valence-electron chi connectivity index (χ3n) is 13.9. The van der Waals surface area contributed by atoms with Crippen molar-refractivity contribution in [2.45, 2.75) is 297 Å². The number of carbonyl (C=O) groups excluding carboxylic acids is 4. The summed E-state index contributed by atoms with van der Waals surface area (Å²) in [7, 11) is -9.86. The van der Waals surface area contributed by atoms with E-state index in [0.717, 1.165) is 121 Å². The van der Waals surface area contributed by atoms with Gasteiger partial charge >= 0.3 is 39.5 Å². The predicted octanol–water partition coefficient (Wildman–Crippen LogP) is 15.3. The van der Waals surface area contributed by atoms with Gasteiger partial charge in [0.2, 0.25) is 0 Å². The molecule has 0 radical (unpaired) electrons. The molecule has 0 amide bonds. The molecular formula is C58H112O17P2. The largest absolute Gasteiger partial charge is 0.472 e. The van der Waals surface area contributed by atoms with Crippen molar-refractivity contribution in [1.82, 2.24) is 0 Å². The first-order chi connectivity index (χ1) is 36.9. The van der Waals surface area contributed by atoms with Crippen LogP contribution in [0.2, 0.25) is 0 Å². The lowest BCUT2D eigenvalue weighted by Crippen LogP contribution is -2.30. The van der Waals surface area contributed by atoms with Gasteiger partial charge in [-0.15, -0.1) is 0 Å². The van der Waals surface area contributed by atoms with Crippen LogP contribution < -0.4 is 0 Å². The van der Waals surface area contributed by atoms with E-state index >= 15 is 0 Å². The maximum Gasteiger partial charge on any atom is 0.472 e. The molecule has 0 heterocycles. The van der Waals surface area contributed by atoms with Gasteiger partial charge < -0.3 is 33.8 Å². The number of esters is 4. The van der Waals surface area contributed by atoms with Gasteiger partial charge in [0.15, 0.2) is 12.2 Å². The van der Waals surface area contributed by atoms with E-state index in [2.05, 4.69) is 41.5 Å². The lowest BCUT2D eigenvalue weighted by atomic mass is 9.99. The second-order valence-corrected chi connectivity index (χ2v) is 24.4. The van der Waals surface area contributed by atoms with Crippen molar-refractivity contribution in [3.05, 3.63) is 0 Å². The van der Waals surface area contributed by atoms with E-state index in [-0.39, 0.29) is 25.7 Å². The molecule has 456 valence electrons. The summed E-state index contributed by atoms with van der Waals surface area (Å²) in [5.41, 5.74) is 0. The molecule has 0 aliphatic carbocycles. The van der Waals surface area contributed by atoms with Crippen LogP contribution in [0.4, 0.5) is 0 Å². The van der Waals surface area contributed by atoms with Crippen LogP contribution in [0.25, 0.3) is 0 Å². The van der Waals surface area contributed by atoms with Gasteiger partial charge in [0.25, 0.3) is 0 Å². The lowest BCUT2D eigenvalue weighted by molar-refractivity contribution is -0.161. The van der Waals surface area contributed by atoms with Crippen LogP contribution in [0.5, 0.6) is 0 Å². The number of aliphatic hydroxyl groups excluding tert-OH is 1. The molecule has 0 fully saturated rings. The van der Waals surface area contributed by atoms with Gasteiger partial charge in [-0.2, -0.15) is 0 Å². The number of phosphoric ester groups is 2. The molecule has 0 spiro atoms. The first-order valence-electron chi connectivity index (χ1n) is 30.6. The number of carbonyl (C=O) groups is 4. The van der Waals surface area contributed by atoms with Gasteiger partial charge in [0.05, 0.1) is 26.4 Å². The number of rotatable bonds is 57. The Balaban J connectivity index is 5.19. The third-order valence-corrected chi connectivity index (χ3v) is 15.8. The first kappa shape index (κ1) is 75.1. The summed E-state index contributed by atoms with van der Waals surface area (Å²) in [6, 6.07) is 0. The molecule has 0 saturated carbocycles. The molecule has 19 heteroatoms. The Labute approximate surface area is 467 Å². The minimum atomic E-state index is -4.94. The number of aliphatic hydroxyl groups is 1.